The van der Waals surface area contributed by atoms with Crippen molar-refractivity contribution in [3.63, 3.8) is 0 Å². The highest BCUT2D eigenvalue weighted by Gasteiger charge is 2.19. The second-order valence-electron chi connectivity index (χ2n) is 3.01. The Morgan fingerprint density at radius 2 is 2.29 bits per heavy atom. The Hall–Kier alpha value is -1.35. The number of halogens is 1. The molecule has 1 aromatic rings. The lowest BCUT2D eigenvalue weighted by Crippen LogP contribution is -2.07. The second-order valence-corrected chi connectivity index (χ2v) is 3.39. The SMILES string of the molecule is COC1=C(Cl)c2ccc(N)cc2CO1. The topological polar surface area (TPSA) is 44.5 Å². The molecule has 0 aliphatic carbocycles. The Kier molecular flexibility index (Phi) is 2.25. The van der Waals surface area contributed by atoms with E-state index in [4.69, 9.17) is 26.8 Å². The summed E-state index contributed by atoms with van der Waals surface area (Å²) in [6.45, 7) is 0.444. The van der Waals surface area contributed by atoms with Crippen molar-refractivity contribution >= 4 is 22.3 Å². The van der Waals surface area contributed by atoms with Gasteiger partial charge in [0.1, 0.15) is 11.6 Å². The number of nitrogens with two attached hydrogens (primary N) is 1. The van der Waals surface area contributed by atoms with E-state index in [1.165, 1.54) is 7.11 Å². The third-order valence-corrected chi connectivity index (χ3v) is 2.45. The molecule has 0 unspecified atom stereocenters. The standard InChI is InChI=1S/C10H10ClNO2/c1-13-10-9(11)8-3-2-7(12)4-6(8)5-14-10/h2-4H,5,12H2,1H3. The number of benzene rings is 1. The van der Waals surface area contributed by atoms with Gasteiger partial charge in [0.15, 0.2) is 0 Å². The van der Waals surface area contributed by atoms with Crippen molar-refractivity contribution in [3.05, 3.63) is 35.3 Å². The lowest BCUT2D eigenvalue weighted by atomic mass is 10.1. The van der Waals surface area contributed by atoms with Crippen LogP contribution in [0.4, 0.5) is 5.69 Å². The van der Waals surface area contributed by atoms with Crippen LogP contribution >= 0.6 is 11.6 Å². The van der Waals surface area contributed by atoms with Crippen molar-refractivity contribution in [1.29, 1.82) is 0 Å². The van der Waals surface area contributed by atoms with Crippen LogP contribution < -0.4 is 5.73 Å². The van der Waals surface area contributed by atoms with Crippen molar-refractivity contribution in [2.75, 3.05) is 12.8 Å². The first-order chi connectivity index (χ1) is 6.72. The fourth-order valence-corrected chi connectivity index (χ4v) is 1.73. The predicted molar refractivity (Wildman–Crippen MR) is 55.4 cm³/mol. The highest BCUT2D eigenvalue weighted by atomic mass is 35.5. The third-order valence-electron chi connectivity index (χ3n) is 2.09. The average Bonchev–Trinajstić information content (AvgIpc) is 2.18. The molecule has 1 aliphatic heterocycles. The van der Waals surface area contributed by atoms with Gasteiger partial charge in [-0.1, -0.05) is 17.7 Å². The zero-order chi connectivity index (χ0) is 10.1. The van der Waals surface area contributed by atoms with E-state index in [9.17, 15) is 0 Å². The lowest BCUT2D eigenvalue weighted by Gasteiger charge is -2.19. The number of fused-ring (bicyclic) bond motifs is 1. The highest BCUT2D eigenvalue weighted by Crippen LogP contribution is 2.33. The number of methoxy groups -OCH3 is 1. The van der Waals surface area contributed by atoms with Crippen molar-refractivity contribution in [3.8, 4) is 0 Å². The van der Waals surface area contributed by atoms with Gasteiger partial charge in [0.25, 0.3) is 5.95 Å². The van der Waals surface area contributed by atoms with Crippen LogP contribution in [0.15, 0.2) is 24.1 Å². The van der Waals surface area contributed by atoms with Crippen LogP contribution in [0.25, 0.3) is 5.03 Å². The zero-order valence-corrected chi connectivity index (χ0v) is 8.47. The molecule has 3 nitrogen and oxygen atoms in total. The molecule has 0 fully saturated rings. The molecule has 0 saturated heterocycles. The number of hydrogen-bond acceptors (Lipinski definition) is 3. The maximum atomic E-state index is 6.05. The largest absolute Gasteiger partial charge is 0.468 e. The first kappa shape index (κ1) is 9.21. The normalized spacial score (nSPS) is 14.7. The Morgan fingerprint density at radius 3 is 3.00 bits per heavy atom. The van der Waals surface area contributed by atoms with E-state index >= 15 is 0 Å². The molecule has 4 heteroatoms. The minimum absolute atomic E-state index is 0.365. The van der Waals surface area contributed by atoms with Gasteiger partial charge in [0.05, 0.1) is 7.11 Å². The van der Waals surface area contributed by atoms with Crippen LogP contribution in [-0.4, -0.2) is 7.11 Å². The molecule has 0 saturated carbocycles. The number of ether oxygens (including phenoxy) is 2. The van der Waals surface area contributed by atoms with Gasteiger partial charge < -0.3 is 15.2 Å². The third kappa shape index (κ3) is 1.40. The molecule has 14 heavy (non-hydrogen) atoms. The molecule has 0 spiro atoms. The summed E-state index contributed by atoms with van der Waals surface area (Å²) in [5.74, 6) is 0.365. The molecule has 1 heterocycles. The first-order valence-corrected chi connectivity index (χ1v) is 4.55. The molecule has 2 rings (SSSR count). The van der Waals surface area contributed by atoms with Crippen LogP contribution in [0.5, 0.6) is 0 Å². The smallest absolute Gasteiger partial charge is 0.299 e. The summed E-state index contributed by atoms with van der Waals surface area (Å²) in [5, 5.41) is 0.494. The second kappa shape index (κ2) is 3.42. The van der Waals surface area contributed by atoms with Gasteiger partial charge in [0.2, 0.25) is 0 Å². The lowest BCUT2D eigenvalue weighted by molar-refractivity contribution is 0.0527. The molecule has 2 N–H and O–H groups in total. The van der Waals surface area contributed by atoms with Crippen molar-refractivity contribution in [2.24, 2.45) is 0 Å². The molecule has 1 aromatic carbocycles. The number of hydrogen-bond donors (Lipinski definition) is 1. The molecule has 74 valence electrons. The van der Waals surface area contributed by atoms with Crippen LogP contribution in [0.1, 0.15) is 11.1 Å². The van der Waals surface area contributed by atoms with Crippen molar-refractivity contribution < 1.29 is 9.47 Å². The Bertz CT molecular complexity index is 401. The van der Waals surface area contributed by atoms with Gasteiger partial charge in [-0.2, -0.15) is 0 Å². The Balaban J connectivity index is 2.52. The molecular weight excluding hydrogens is 202 g/mol. The summed E-state index contributed by atoms with van der Waals surface area (Å²) in [6, 6.07) is 5.53. The van der Waals surface area contributed by atoms with E-state index in [1.807, 2.05) is 12.1 Å². The first-order valence-electron chi connectivity index (χ1n) is 4.17. The Labute approximate surface area is 87.1 Å². The minimum Gasteiger partial charge on any atom is -0.468 e. The van der Waals surface area contributed by atoms with Gasteiger partial charge >= 0.3 is 0 Å². The van der Waals surface area contributed by atoms with E-state index in [2.05, 4.69) is 0 Å². The van der Waals surface area contributed by atoms with Crippen LogP contribution in [-0.2, 0) is 16.1 Å². The quantitative estimate of drug-likeness (QED) is 0.725. The molecule has 1 aliphatic rings. The van der Waals surface area contributed by atoms with E-state index < -0.39 is 0 Å². The predicted octanol–water partition coefficient (Wildman–Crippen LogP) is 2.31. The molecule has 0 amide bonds. The highest BCUT2D eigenvalue weighted by molar-refractivity contribution is 6.49. The zero-order valence-electron chi connectivity index (χ0n) is 7.71. The molecule has 0 atom stereocenters. The van der Waals surface area contributed by atoms with Crippen LogP contribution in [0, 0.1) is 0 Å². The molecule has 0 radical (unpaired) electrons. The van der Waals surface area contributed by atoms with Gasteiger partial charge in [-0.25, -0.2) is 0 Å². The van der Waals surface area contributed by atoms with E-state index in [0.29, 0.717) is 23.3 Å². The minimum atomic E-state index is 0.365. The van der Waals surface area contributed by atoms with E-state index in [0.717, 1.165) is 11.1 Å². The van der Waals surface area contributed by atoms with E-state index in [1.54, 1.807) is 6.07 Å². The molecule has 0 aromatic heterocycles. The number of anilines is 1. The van der Waals surface area contributed by atoms with Crippen molar-refractivity contribution in [1.82, 2.24) is 0 Å². The molecular formula is C10H10ClNO2. The Morgan fingerprint density at radius 1 is 1.50 bits per heavy atom. The van der Waals surface area contributed by atoms with Gasteiger partial charge in [-0.15, -0.1) is 0 Å². The maximum Gasteiger partial charge on any atom is 0.299 e. The summed E-state index contributed by atoms with van der Waals surface area (Å²) < 4.78 is 10.3. The summed E-state index contributed by atoms with van der Waals surface area (Å²) in [7, 11) is 1.53. The summed E-state index contributed by atoms with van der Waals surface area (Å²) in [6.07, 6.45) is 0. The fraction of sp³-hybridized carbons (Fsp3) is 0.200. The van der Waals surface area contributed by atoms with E-state index in [-0.39, 0.29) is 0 Å². The average molecular weight is 212 g/mol. The monoisotopic (exact) mass is 211 g/mol. The van der Waals surface area contributed by atoms with Gasteiger partial charge in [-0.3, -0.25) is 0 Å². The van der Waals surface area contributed by atoms with Gasteiger partial charge in [0, 0.05) is 16.8 Å². The number of nitrogen functional groups attached to an aromatic ring is 1. The summed E-state index contributed by atoms with van der Waals surface area (Å²) in [5.41, 5.74) is 8.26. The van der Waals surface area contributed by atoms with Crippen LogP contribution in [0.2, 0.25) is 0 Å². The van der Waals surface area contributed by atoms with Crippen LogP contribution in [0.3, 0.4) is 0 Å². The maximum absolute atomic E-state index is 6.05. The number of rotatable bonds is 1. The van der Waals surface area contributed by atoms with Crippen molar-refractivity contribution in [2.45, 2.75) is 6.61 Å². The summed E-state index contributed by atoms with van der Waals surface area (Å²) >= 11 is 6.05. The summed E-state index contributed by atoms with van der Waals surface area (Å²) in [4.78, 5) is 0. The molecule has 0 bridgehead atoms. The fourth-order valence-electron chi connectivity index (χ4n) is 1.41. The van der Waals surface area contributed by atoms with Gasteiger partial charge in [-0.05, 0) is 12.1 Å².